The quantitative estimate of drug-likeness (QED) is 0.488. The summed E-state index contributed by atoms with van der Waals surface area (Å²) in [5.41, 5.74) is 0. The molecule has 3 heteroatoms. The van der Waals surface area contributed by atoms with Crippen molar-refractivity contribution in [3.8, 4) is 0 Å². The Hall–Kier alpha value is -0.570. The monoisotopic (exact) mass is 147 g/mol. The highest BCUT2D eigenvalue weighted by Gasteiger charge is 1.89. The molecule has 0 heterocycles. The molecule has 0 saturated carbocycles. The molecule has 0 rings (SSSR count). The standard InChI is InChI=1S/C7H14O2.H3N/c1-3-4-5-6-9-7(2)8;/h3-6H2,1-2H3;1H3. The Balaban J connectivity index is 0. The van der Waals surface area contributed by atoms with E-state index in [0.29, 0.717) is 6.61 Å². The van der Waals surface area contributed by atoms with Crippen LogP contribution in [0.3, 0.4) is 0 Å². The Bertz CT molecular complexity index is 83.7. The highest BCUT2D eigenvalue weighted by molar-refractivity contribution is 5.65. The third-order valence-corrected chi connectivity index (χ3v) is 1.05. The summed E-state index contributed by atoms with van der Waals surface area (Å²) in [7, 11) is 0. The van der Waals surface area contributed by atoms with Gasteiger partial charge in [0.15, 0.2) is 0 Å². The van der Waals surface area contributed by atoms with Gasteiger partial charge in [-0.15, -0.1) is 0 Å². The zero-order chi connectivity index (χ0) is 7.11. The third kappa shape index (κ3) is 10.4. The molecule has 0 aromatic carbocycles. The Kier molecular flexibility index (Phi) is 10.2. The average Bonchev–Trinajstić information content (AvgIpc) is 1.80. The molecule has 0 atom stereocenters. The molecule has 0 aromatic rings. The van der Waals surface area contributed by atoms with E-state index in [0.717, 1.165) is 12.8 Å². The SMILES string of the molecule is CCCCCOC(C)=O.N. The summed E-state index contributed by atoms with van der Waals surface area (Å²) >= 11 is 0. The maximum atomic E-state index is 10.2. The van der Waals surface area contributed by atoms with Crippen molar-refractivity contribution in [1.82, 2.24) is 6.15 Å². The molecule has 0 aliphatic carbocycles. The van der Waals surface area contributed by atoms with Crippen LogP contribution in [0.5, 0.6) is 0 Å². The first-order valence-corrected chi connectivity index (χ1v) is 3.40. The molecule has 0 fully saturated rings. The first-order chi connectivity index (χ1) is 4.27. The maximum absolute atomic E-state index is 10.2. The molecule has 0 saturated heterocycles. The van der Waals surface area contributed by atoms with Gasteiger partial charge in [0.2, 0.25) is 0 Å². The number of rotatable bonds is 4. The molecule has 10 heavy (non-hydrogen) atoms. The lowest BCUT2D eigenvalue weighted by Gasteiger charge is -1.98. The zero-order valence-corrected chi connectivity index (χ0v) is 6.85. The molecule has 0 aliphatic rings. The van der Waals surface area contributed by atoms with Crippen molar-refractivity contribution in [1.29, 1.82) is 0 Å². The molecular formula is C7H17NO2. The van der Waals surface area contributed by atoms with E-state index >= 15 is 0 Å². The van der Waals surface area contributed by atoms with Gasteiger partial charge < -0.3 is 10.9 Å². The fourth-order valence-corrected chi connectivity index (χ4v) is 0.568. The van der Waals surface area contributed by atoms with Gasteiger partial charge in [-0.2, -0.15) is 0 Å². The van der Waals surface area contributed by atoms with Gasteiger partial charge >= 0.3 is 5.97 Å². The van der Waals surface area contributed by atoms with Gasteiger partial charge in [-0.05, 0) is 6.42 Å². The highest BCUT2D eigenvalue weighted by Crippen LogP contribution is 1.93. The van der Waals surface area contributed by atoms with Crippen LogP contribution in [0.4, 0.5) is 0 Å². The van der Waals surface area contributed by atoms with Crippen molar-refractivity contribution < 1.29 is 9.53 Å². The van der Waals surface area contributed by atoms with Gasteiger partial charge in [0.25, 0.3) is 0 Å². The van der Waals surface area contributed by atoms with Gasteiger partial charge in [0, 0.05) is 6.92 Å². The largest absolute Gasteiger partial charge is 0.466 e. The van der Waals surface area contributed by atoms with Crippen LogP contribution in [0.15, 0.2) is 0 Å². The van der Waals surface area contributed by atoms with Crippen LogP contribution in [0.1, 0.15) is 33.1 Å². The van der Waals surface area contributed by atoms with Gasteiger partial charge in [0.1, 0.15) is 0 Å². The van der Waals surface area contributed by atoms with Crippen molar-refractivity contribution in [3.63, 3.8) is 0 Å². The molecule has 0 unspecified atom stereocenters. The van der Waals surface area contributed by atoms with Gasteiger partial charge in [-0.25, -0.2) is 0 Å². The molecule has 0 spiro atoms. The lowest BCUT2D eigenvalue weighted by Crippen LogP contribution is -1.99. The minimum absolute atomic E-state index is 0. The molecular weight excluding hydrogens is 130 g/mol. The van der Waals surface area contributed by atoms with Crippen LogP contribution in [0.25, 0.3) is 0 Å². The fourth-order valence-electron chi connectivity index (χ4n) is 0.568. The molecule has 0 aromatic heterocycles. The molecule has 0 aliphatic heterocycles. The van der Waals surface area contributed by atoms with E-state index in [-0.39, 0.29) is 12.1 Å². The summed E-state index contributed by atoms with van der Waals surface area (Å²) < 4.78 is 4.70. The molecule has 3 nitrogen and oxygen atoms in total. The van der Waals surface area contributed by atoms with Crippen molar-refractivity contribution in [2.45, 2.75) is 33.1 Å². The number of hydrogen-bond donors (Lipinski definition) is 1. The van der Waals surface area contributed by atoms with Crippen LogP contribution in [0, 0.1) is 0 Å². The van der Waals surface area contributed by atoms with Crippen molar-refractivity contribution >= 4 is 5.97 Å². The number of esters is 1. The smallest absolute Gasteiger partial charge is 0.302 e. The van der Waals surface area contributed by atoms with Crippen LogP contribution >= 0.6 is 0 Å². The predicted molar refractivity (Wildman–Crippen MR) is 41.2 cm³/mol. The second kappa shape index (κ2) is 8.43. The molecule has 0 bridgehead atoms. The normalized spacial score (nSPS) is 8.20. The Morgan fingerprint density at radius 2 is 2.00 bits per heavy atom. The number of carbonyl (C=O) groups is 1. The van der Waals surface area contributed by atoms with Crippen molar-refractivity contribution in [2.75, 3.05) is 6.61 Å². The summed E-state index contributed by atoms with van der Waals surface area (Å²) in [5.74, 6) is -0.175. The van der Waals surface area contributed by atoms with Crippen LogP contribution in [-0.4, -0.2) is 12.6 Å². The van der Waals surface area contributed by atoms with Crippen molar-refractivity contribution in [2.24, 2.45) is 0 Å². The van der Waals surface area contributed by atoms with Gasteiger partial charge in [0.05, 0.1) is 6.61 Å². The van der Waals surface area contributed by atoms with E-state index in [1.165, 1.54) is 13.3 Å². The number of hydrogen-bond acceptors (Lipinski definition) is 3. The second-order valence-electron chi connectivity index (χ2n) is 2.05. The summed E-state index contributed by atoms with van der Waals surface area (Å²) in [4.78, 5) is 10.2. The second-order valence-corrected chi connectivity index (χ2v) is 2.05. The lowest BCUT2D eigenvalue weighted by atomic mass is 10.3. The van der Waals surface area contributed by atoms with E-state index in [4.69, 9.17) is 4.74 Å². The predicted octanol–water partition coefficient (Wildman–Crippen LogP) is 1.90. The highest BCUT2D eigenvalue weighted by atomic mass is 16.5. The van der Waals surface area contributed by atoms with Gasteiger partial charge in [-0.3, -0.25) is 4.79 Å². The summed E-state index contributed by atoms with van der Waals surface area (Å²) in [6.45, 7) is 4.14. The van der Waals surface area contributed by atoms with Crippen LogP contribution < -0.4 is 6.15 Å². The summed E-state index contributed by atoms with van der Waals surface area (Å²) in [6, 6.07) is 0. The van der Waals surface area contributed by atoms with Gasteiger partial charge in [-0.1, -0.05) is 19.8 Å². The van der Waals surface area contributed by atoms with E-state index in [9.17, 15) is 4.79 Å². The van der Waals surface area contributed by atoms with Crippen molar-refractivity contribution in [3.05, 3.63) is 0 Å². The molecule has 3 N–H and O–H groups in total. The Morgan fingerprint density at radius 1 is 1.40 bits per heavy atom. The zero-order valence-electron chi connectivity index (χ0n) is 6.85. The van der Waals surface area contributed by atoms with E-state index in [2.05, 4.69) is 6.92 Å². The summed E-state index contributed by atoms with van der Waals surface area (Å²) in [5, 5.41) is 0. The Labute approximate surface area is 62.3 Å². The average molecular weight is 147 g/mol. The number of carbonyl (C=O) groups excluding carboxylic acids is 1. The fraction of sp³-hybridized carbons (Fsp3) is 0.857. The minimum atomic E-state index is -0.175. The first-order valence-electron chi connectivity index (χ1n) is 3.40. The maximum Gasteiger partial charge on any atom is 0.302 e. The third-order valence-electron chi connectivity index (χ3n) is 1.05. The lowest BCUT2D eigenvalue weighted by molar-refractivity contribution is -0.141. The number of unbranched alkanes of at least 4 members (excludes halogenated alkanes) is 2. The molecule has 62 valence electrons. The molecule has 0 amide bonds. The van der Waals surface area contributed by atoms with Crippen LogP contribution in [-0.2, 0) is 9.53 Å². The van der Waals surface area contributed by atoms with E-state index < -0.39 is 0 Å². The topological polar surface area (TPSA) is 61.3 Å². The van der Waals surface area contributed by atoms with E-state index in [1.54, 1.807) is 0 Å². The van der Waals surface area contributed by atoms with E-state index in [1.807, 2.05) is 0 Å². The molecule has 0 radical (unpaired) electrons. The minimum Gasteiger partial charge on any atom is -0.466 e. The Morgan fingerprint density at radius 3 is 2.40 bits per heavy atom. The number of ether oxygens (including phenoxy) is 1. The summed E-state index contributed by atoms with van der Waals surface area (Å²) in [6.07, 6.45) is 3.31. The van der Waals surface area contributed by atoms with Crippen LogP contribution in [0.2, 0.25) is 0 Å². The first kappa shape index (κ1) is 12.1.